The van der Waals surface area contributed by atoms with Gasteiger partial charge < -0.3 is 9.84 Å². The molecule has 0 aliphatic heterocycles. The lowest BCUT2D eigenvalue weighted by molar-refractivity contribution is -0.385. The molecular formula is C10H8N2O5. The molecule has 0 heterocycles. The Morgan fingerprint density at radius 2 is 2.29 bits per heavy atom. The van der Waals surface area contributed by atoms with Gasteiger partial charge in [0, 0.05) is 6.07 Å². The van der Waals surface area contributed by atoms with Crippen molar-refractivity contribution in [2.24, 2.45) is 0 Å². The molecule has 17 heavy (non-hydrogen) atoms. The predicted molar refractivity (Wildman–Crippen MR) is 55.1 cm³/mol. The highest BCUT2D eigenvalue weighted by Crippen LogP contribution is 2.25. The highest BCUT2D eigenvalue weighted by atomic mass is 16.6. The fourth-order valence-corrected chi connectivity index (χ4v) is 1.38. The lowest BCUT2D eigenvalue weighted by Crippen LogP contribution is -2.08. The molecule has 0 aromatic heterocycles. The number of hydrogen-bond donors (Lipinski definition) is 1. The van der Waals surface area contributed by atoms with Crippen LogP contribution in [0.3, 0.4) is 0 Å². The van der Waals surface area contributed by atoms with Gasteiger partial charge in [0.2, 0.25) is 0 Å². The zero-order valence-electron chi connectivity index (χ0n) is 8.84. The number of benzene rings is 1. The predicted octanol–water partition coefficient (Wildman–Crippen LogP) is 0.745. The molecule has 0 radical (unpaired) electrons. The number of ether oxygens (including phenoxy) is 1. The largest absolute Gasteiger partial charge is 0.465 e. The summed E-state index contributed by atoms with van der Waals surface area (Å²) in [7, 11) is 1.13. The number of nitro groups is 1. The normalized spacial score (nSPS) is 9.47. The maximum Gasteiger partial charge on any atom is 0.339 e. The highest BCUT2D eigenvalue weighted by Gasteiger charge is 2.23. The van der Waals surface area contributed by atoms with Gasteiger partial charge in [-0.05, 0) is 6.07 Å². The van der Waals surface area contributed by atoms with Crippen LogP contribution < -0.4 is 0 Å². The van der Waals surface area contributed by atoms with E-state index in [2.05, 4.69) is 4.74 Å². The van der Waals surface area contributed by atoms with Crippen LogP contribution in [0.1, 0.15) is 21.5 Å². The van der Waals surface area contributed by atoms with E-state index in [9.17, 15) is 14.9 Å². The third-order valence-electron chi connectivity index (χ3n) is 2.16. The summed E-state index contributed by atoms with van der Waals surface area (Å²) in [4.78, 5) is 21.3. The number of rotatable bonds is 3. The maximum absolute atomic E-state index is 11.3. The number of hydrogen-bond acceptors (Lipinski definition) is 6. The van der Waals surface area contributed by atoms with Gasteiger partial charge in [0.15, 0.2) is 0 Å². The second-order valence-electron chi connectivity index (χ2n) is 3.00. The summed E-state index contributed by atoms with van der Waals surface area (Å²) in [5.74, 6) is -0.786. The minimum Gasteiger partial charge on any atom is -0.465 e. The van der Waals surface area contributed by atoms with E-state index < -0.39 is 23.2 Å². The van der Waals surface area contributed by atoms with Crippen LogP contribution in [-0.2, 0) is 11.3 Å². The van der Waals surface area contributed by atoms with E-state index in [1.54, 1.807) is 6.07 Å². The molecule has 0 saturated heterocycles. The van der Waals surface area contributed by atoms with E-state index in [1.165, 1.54) is 0 Å². The van der Waals surface area contributed by atoms with Crippen LogP contribution in [-0.4, -0.2) is 23.1 Å². The van der Waals surface area contributed by atoms with Crippen molar-refractivity contribution in [2.45, 2.75) is 6.61 Å². The Bertz CT molecular complexity index is 518. The second kappa shape index (κ2) is 5.05. The molecule has 1 aromatic rings. The third-order valence-corrected chi connectivity index (χ3v) is 2.16. The number of carbonyl (C=O) groups is 1. The Balaban J connectivity index is 3.55. The highest BCUT2D eigenvalue weighted by molar-refractivity contribution is 5.93. The number of carbonyl (C=O) groups excluding carboxylic acids is 1. The van der Waals surface area contributed by atoms with Crippen molar-refractivity contribution in [1.82, 2.24) is 0 Å². The average Bonchev–Trinajstić information content (AvgIpc) is 2.35. The Hall–Kier alpha value is -2.46. The maximum atomic E-state index is 11.3. The van der Waals surface area contributed by atoms with Crippen molar-refractivity contribution in [1.29, 1.82) is 5.26 Å². The summed E-state index contributed by atoms with van der Waals surface area (Å²) < 4.78 is 4.44. The Kier molecular flexibility index (Phi) is 3.74. The second-order valence-corrected chi connectivity index (χ2v) is 3.00. The summed E-state index contributed by atoms with van der Waals surface area (Å²) in [5.41, 5.74) is -0.949. The van der Waals surface area contributed by atoms with Crippen molar-refractivity contribution in [3.63, 3.8) is 0 Å². The monoisotopic (exact) mass is 236 g/mol. The molecule has 0 saturated carbocycles. The summed E-state index contributed by atoms with van der Waals surface area (Å²) in [6.45, 7) is -0.704. The van der Waals surface area contributed by atoms with Crippen LogP contribution in [0.5, 0.6) is 0 Å². The van der Waals surface area contributed by atoms with Crippen LogP contribution in [0.25, 0.3) is 0 Å². The van der Waals surface area contributed by atoms with Gasteiger partial charge in [-0.25, -0.2) is 4.79 Å². The first-order valence-corrected chi connectivity index (χ1v) is 4.46. The first-order valence-electron chi connectivity index (χ1n) is 4.46. The molecule has 0 aliphatic rings. The van der Waals surface area contributed by atoms with Gasteiger partial charge >= 0.3 is 5.97 Å². The molecule has 1 N–H and O–H groups in total. The van der Waals surface area contributed by atoms with Crippen LogP contribution >= 0.6 is 0 Å². The summed E-state index contributed by atoms with van der Waals surface area (Å²) >= 11 is 0. The molecule has 0 amide bonds. The van der Waals surface area contributed by atoms with Crippen LogP contribution in [0.15, 0.2) is 12.1 Å². The lowest BCUT2D eigenvalue weighted by Gasteiger charge is -2.06. The molecule has 7 heteroatoms. The van der Waals surface area contributed by atoms with Crippen LogP contribution in [0, 0.1) is 21.4 Å². The molecule has 0 spiro atoms. The SMILES string of the molecule is COC(=O)c1ccc([N+](=O)[O-])c(CO)c1C#N. The topological polar surface area (TPSA) is 113 Å². The fraction of sp³-hybridized carbons (Fsp3) is 0.200. The number of aliphatic hydroxyl groups excluding tert-OH is 1. The molecule has 7 nitrogen and oxygen atoms in total. The molecule has 0 fully saturated rings. The van der Waals surface area contributed by atoms with E-state index in [4.69, 9.17) is 10.4 Å². The number of methoxy groups -OCH3 is 1. The van der Waals surface area contributed by atoms with Crippen molar-refractivity contribution >= 4 is 11.7 Å². The van der Waals surface area contributed by atoms with Crippen LogP contribution in [0.4, 0.5) is 5.69 Å². The molecule has 0 aliphatic carbocycles. The van der Waals surface area contributed by atoms with Crippen molar-refractivity contribution < 1.29 is 19.6 Å². The molecule has 1 aromatic carbocycles. The Morgan fingerprint density at radius 3 is 2.71 bits per heavy atom. The Morgan fingerprint density at radius 1 is 1.65 bits per heavy atom. The van der Waals surface area contributed by atoms with Gasteiger partial charge in [-0.1, -0.05) is 0 Å². The molecule has 0 atom stereocenters. The van der Waals surface area contributed by atoms with Gasteiger partial charge in [-0.15, -0.1) is 0 Å². The number of nitrogens with zero attached hydrogens (tertiary/aromatic N) is 2. The standard InChI is InChI=1S/C10H8N2O5/c1-17-10(14)6-2-3-9(12(15)16)8(5-13)7(6)4-11/h2-3,13H,5H2,1H3. The fourth-order valence-electron chi connectivity index (χ4n) is 1.38. The molecular weight excluding hydrogens is 228 g/mol. The van der Waals surface area contributed by atoms with Gasteiger partial charge in [0.05, 0.1) is 35.3 Å². The van der Waals surface area contributed by atoms with Crippen molar-refractivity contribution in [2.75, 3.05) is 7.11 Å². The lowest BCUT2D eigenvalue weighted by atomic mass is 10.0. The van der Waals surface area contributed by atoms with Gasteiger partial charge in [-0.3, -0.25) is 10.1 Å². The molecule has 88 valence electrons. The van der Waals surface area contributed by atoms with E-state index >= 15 is 0 Å². The Labute approximate surface area is 96.0 Å². The van der Waals surface area contributed by atoms with Gasteiger partial charge in [0.1, 0.15) is 6.07 Å². The first kappa shape index (κ1) is 12.6. The minimum atomic E-state index is -0.786. The number of esters is 1. The third kappa shape index (κ3) is 2.21. The van der Waals surface area contributed by atoms with E-state index in [-0.39, 0.29) is 16.7 Å². The van der Waals surface area contributed by atoms with E-state index in [0.717, 1.165) is 19.2 Å². The van der Waals surface area contributed by atoms with Crippen molar-refractivity contribution in [3.05, 3.63) is 38.9 Å². The number of nitro benzene ring substituents is 1. The quantitative estimate of drug-likeness (QED) is 0.470. The summed E-state index contributed by atoms with van der Waals surface area (Å²) in [6.07, 6.45) is 0. The summed E-state index contributed by atoms with van der Waals surface area (Å²) in [6, 6.07) is 3.84. The first-order chi connectivity index (χ1) is 8.06. The zero-order valence-corrected chi connectivity index (χ0v) is 8.84. The van der Waals surface area contributed by atoms with Gasteiger partial charge in [-0.2, -0.15) is 5.26 Å². The summed E-state index contributed by atoms with van der Waals surface area (Å²) in [5, 5.41) is 28.6. The minimum absolute atomic E-state index is 0.107. The van der Waals surface area contributed by atoms with E-state index in [0.29, 0.717) is 0 Å². The molecule has 1 rings (SSSR count). The van der Waals surface area contributed by atoms with Crippen molar-refractivity contribution in [3.8, 4) is 6.07 Å². The van der Waals surface area contributed by atoms with E-state index in [1.807, 2.05) is 0 Å². The van der Waals surface area contributed by atoms with Gasteiger partial charge in [0.25, 0.3) is 5.69 Å². The number of nitriles is 1. The van der Waals surface area contributed by atoms with Crippen LogP contribution in [0.2, 0.25) is 0 Å². The molecule has 0 bridgehead atoms. The zero-order chi connectivity index (χ0) is 13.0. The average molecular weight is 236 g/mol. The molecule has 0 unspecified atom stereocenters. The smallest absolute Gasteiger partial charge is 0.339 e. The number of aliphatic hydroxyl groups is 1.